The van der Waals surface area contributed by atoms with Gasteiger partial charge in [0.1, 0.15) is 0 Å². The van der Waals surface area contributed by atoms with E-state index in [0.29, 0.717) is 17.1 Å². The molecule has 5 heteroatoms. The van der Waals surface area contributed by atoms with Crippen molar-refractivity contribution < 1.29 is 4.79 Å². The second-order valence-electron chi connectivity index (χ2n) is 4.32. The van der Waals surface area contributed by atoms with Gasteiger partial charge in [-0.25, -0.2) is 0 Å². The van der Waals surface area contributed by atoms with Crippen LogP contribution in [0.25, 0.3) is 0 Å². The summed E-state index contributed by atoms with van der Waals surface area (Å²) in [4.78, 5) is 10.7. The van der Waals surface area contributed by atoms with Crippen LogP contribution in [-0.2, 0) is 4.79 Å². The SMILES string of the molecule is CNC(=S)NC1C=CC(CCNC(C)=O)CC1. The average Bonchev–Trinajstić information content (AvgIpc) is 2.31. The van der Waals surface area contributed by atoms with Crippen LogP contribution in [0, 0.1) is 5.92 Å². The Bertz CT molecular complexity index is 304. The third-order valence-corrected chi connectivity index (χ3v) is 3.22. The molecule has 0 saturated carbocycles. The van der Waals surface area contributed by atoms with Crippen LogP contribution in [0.2, 0.25) is 0 Å². The number of carbonyl (C=O) groups excluding carboxylic acids is 1. The smallest absolute Gasteiger partial charge is 0.216 e. The fourth-order valence-electron chi connectivity index (χ4n) is 1.91. The molecule has 0 fully saturated rings. The minimum Gasteiger partial charge on any atom is -0.366 e. The van der Waals surface area contributed by atoms with E-state index in [0.717, 1.165) is 25.8 Å². The summed E-state index contributed by atoms with van der Waals surface area (Å²) in [6, 6.07) is 0.340. The maximum Gasteiger partial charge on any atom is 0.216 e. The number of allylic oxidation sites excluding steroid dienone is 1. The van der Waals surface area contributed by atoms with Gasteiger partial charge in [0.2, 0.25) is 5.91 Å². The topological polar surface area (TPSA) is 53.2 Å². The molecule has 1 aliphatic carbocycles. The summed E-state index contributed by atoms with van der Waals surface area (Å²) in [5.74, 6) is 0.617. The summed E-state index contributed by atoms with van der Waals surface area (Å²) in [7, 11) is 1.82. The molecule has 0 aromatic carbocycles. The first-order valence-corrected chi connectivity index (χ1v) is 6.43. The highest BCUT2D eigenvalue weighted by atomic mass is 32.1. The highest BCUT2D eigenvalue weighted by molar-refractivity contribution is 7.80. The van der Waals surface area contributed by atoms with E-state index >= 15 is 0 Å². The molecular formula is C12H21N3OS. The monoisotopic (exact) mass is 255 g/mol. The molecule has 3 N–H and O–H groups in total. The molecule has 4 nitrogen and oxygen atoms in total. The lowest BCUT2D eigenvalue weighted by Gasteiger charge is -2.24. The van der Waals surface area contributed by atoms with E-state index in [2.05, 4.69) is 28.1 Å². The number of hydrogen-bond donors (Lipinski definition) is 3. The minimum atomic E-state index is 0.0451. The zero-order valence-electron chi connectivity index (χ0n) is 10.5. The Morgan fingerprint density at radius 1 is 1.41 bits per heavy atom. The zero-order valence-corrected chi connectivity index (χ0v) is 11.3. The van der Waals surface area contributed by atoms with Crippen LogP contribution in [0.4, 0.5) is 0 Å². The van der Waals surface area contributed by atoms with Crippen LogP contribution in [-0.4, -0.2) is 30.7 Å². The fourth-order valence-corrected chi connectivity index (χ4v) is 2.06. The predicted molar refractivity (Wildman–Crippen MR) is 73.7 cm³/mol. The molecule has 0 radical (unpaired) electrons. The molecule has 0 spiro atoms. The molecular weight excluding hydrogens is 234 g/mol. The predicted octanol–water partition coefficient (Wildman–Crippen LogP) is 0.941. The maximum absolute atomic E-state index is 10.7. The van der Waals surface area contributed by atoms with Gasteiger partial charge in [-0.15, -0.1) is 0 Å². The summed E-state index contributed by atoms with van der Waals surface area (Å²) in [6.07, 6.45) is 7.63. The number of thiocarbonyl (C=S) groups is 1. The standard InChI is InChI=1S/C12H21N3OS/c1-9(16)14-8-7-10-3-5-11(6-4-10)15-12(17)13-2/h3,5,10-11H,4,6-8H2,1-2H3,(H,14,16)(H2,13,15,17). The second-order valence-corrected chi connectivity index (χ2v) is 4.73. The number of carbonyl (C=O) groups is 1. The van der Waals surface area contributed by atoms with Gasteiger partial charge in [0, 0.05) is 26.6 Å². The average molecular weight is 255 g/mol. The van der Waals surface area contributed by atoms with Crippen molar-refractivity contribution in [3.05, 3.63) is 12.2 Å². The number of amides is 1. The van der Waals surface area contributed by atoms with Crippen molar-refractivity contribution in [1.29, 1.82) is 0 Å². The lowest BCUT2D eigenvalue weighted by molar-refractivity contribution is -0.118. The molecule has 0 saturated heterocycles. The molecule has 0 aliphatic heterocycles. The highest BCUT2D eigenvalue weighted by Gasteiger charge is 2.15. The molecule has 0 aromatic heterocycles. The Balaban J connectivity index is 2.24. The molecule has 1 rings (SSSR count). The first-order valence-electron chi connectivity index (χ1n) is 6.03. The van der Waals surface area contributed by atoms with Crippen molar-refractivity contribution >= 4 is 23.2 Å². The third-order valence-electron chi connectivity index (χ3n) is 2.90. The molecule has 0 bridgehead atoms. The molecule has 0 heterocycles. The van der Waals surface area contributed by atoms with Crippen LogP contribution in [0.5, 0.6) is 0 Å². The van der Waals surface area contributed by atoms with Crippen LogP contribution in [0.3, 0.4) is 0 Å². The van der Waals surface area contributed by atoms with Crippen molar-refractivity contribution in [1.82, 2.24) is 16.0 Å². The molecule has 96 valence electrons. The van der Waals surface area contributed by atoms with Gasteiger partial charge in [0.05, 0.1) is 0 Å². The van der Waals surface area contributed by atoms with Gasteiger partial charge in [-0.05, 0) is 37.4 Å². The summed E-state index contributed by atoms with van der Waals surface area (Å²) in [6.45, 7) is 2.31. The van der Waals surface area contributed by atoms with E-state index < -0.39 is 0 Å². The maximum atomic E-state index is 10.7. The normalized spacial score (nSPS) is 22.9. The third kappa shape index (κ3) is 5.68. The second kappa shape index (κ2) is 7.27. The van der Waals surface area contributed by atoms with Gasteiger partial charge < -0.3 is 16.0 Å². The first-order chi connectivity index (χ1) is 8.11. The lowest BCUT2D eigenvalue weighted by Crippen LogP contribution is -2.40. The quantitative estimate of drug-likeness (QED) is 0.517. The Labute approximate surface area is 108 Å². The zero-order chi connectivity index (χ0) is 12.7. The van der Waals surface area contributed by atoms with Gasteiger partial charge >= 0.3 is 0 Å². The highest BCUT2D eigenvalue weighted by Crippen LogP contribution is 2.20. The van der Waals surface area contributed by atoms with Crippen molar-refractivity contribution in [2.75, 3.05) is 13.6 Å². The molecule has 1 amide bonds. The Hall–Kier alpha value is -1.10. The summed E-state index contributed by atoms with van der Waals surface area (Å²) < 4.78 is 0. The van der Waals surface area contributed by atoms with Gasteiger partial charge in [-0.2, -0.15) is 0 Å². The Kier molecular flexibility index (Phi) is 5.97. The van der Waals surface area contributed by atoms with Crippen molar-refractivity contribution in [2.24, 2.45) is 5.92 Å². The summed E-state index contributed by atoms with van der Waals surface area (Å²) in [5.41, 5.74) is 0. The number of rotatable bonds is 4. The van der Waals surface area contributed by atoms with E-state index in [9.17, 15) is 4.79 Å². The van der Waals surface area contributed by atoms with E-state index in [4.69, 9.17) is 12.2 Å². The van der Waals surface area contributed by atoms with Crippen LogP contribution < -0.4 is 16.0 Å². The number of nitrogens with one attached hydrogen (secondary N) is 3. The van der Waals surface area contributed by atoms with Crippen molar-refractivity contribution in [3.63, 3.8) is 0 Å². The number of hydrogen-bond acceptors (Lipinski definition) is 2. The first kappa shape index (κ1) is 14.0. The Morgan fingerprint density at radius 2 is 2.18 bits per heavy atom. The molecule has 1 aliphatic rings. The van der Waals surface area contributed by atoms with Crippen LogP contribution in [0.1, 0.15) is 26.2 Å². The van der Waals surface area contributed by atoms with Crippen molar-refractivity contribution in [3.8, 4) is 0 Å². The largest absolute Gasteiger partial charge is 0.366 e. The van der Waals surface area contributed by atoms with E-state index in [1.807, 2.05) is 7.05 Å². The molecule has 0 aromatic rings. The van der Waals surface area contributed by atoms with Crippen LogP contribution in [0.15, 0.2) is 12.2 Å². The summed E-state index contributed by atoms with van der Waals surface area (Å²) >= 11 is 5.06. The van der Waals surface area contributed by atoms with Crippen molar-refractivity contribution in [2.45, 2.75) is 32.2 Å². The van der Waals surface area contributed by atoms with Gasteiger partial charge in [-0.1, -0.05) is 12.2 Å². The fraction of sp³-hybridized carbons (Fsp3) is 0.667. The van der Waals surface area contributed by atoms with Gasteiger partial charge in [-0.3, -0.25) is 4.79 Å². The van der Waals surface area contributed by atoms with E-state index in [1.165, 1.54) is 0 Å². The molecule has 2 unspecified atom stereocenters. The Morgan fingerprint density at radius 3 is 2.71 bits per heavy atom. The van der Waals surface area contributed by atoms with E-state index in [1.54, 1.807) is 6.92 Å². The van der Waals surface area contributed by atoms with E-state index in [-0.39, 0.29) is 5.91 Å². The molecule has 17 heavy (non-hydrogen) atoms. The minimum absolute atomic E-state index is 0.0451. The molecule has 2 atom stereocenters. The lowest BCUT2D eigenvalue weighted by atomic mass is 9.90. The van der Waals surface area contributed by atoms with Gasteiger partial charge in [0.15, 0.2) is 5.11 Å². The van der Waals surface area contributed by atoms with Gasteiger partial charge in [0.25, 0.3) is 0 Å². The summed E-state index contributed by atoms with van der Waals surface area (Å²) in [5, 5.41) is 9.65. The van der Waals surface area contributed by atoms with Crippen LogP contribution >= 0.6 is 12.2 Å².